The van der Waals surface area contributed by atoms with Gasteiger partial charge in [-0.05, 0) is 40.5 Å². The maximum absolute atomic E-state index is 6.91. The van der Waals surface area contributed by atoms with Crippen molar-refractivity contribution in [1.29, 1.82) is 0 Å². The number of hydrogen-bond acceptors (Lipinski definition) is 6. The van der Waals surface area contributed by atoms with Gasteiger partial charge in [-0.3, -0.25) is 0 Å². The van der Waals surface area contributed by atoms with Gasteiger partial charge in [0.05, 0.1) is 33.0 Å². The zero-order chi connectivity index (χ0) is 33.0. The van der Waals surface area contributed by atoms with E-state index in [0.717, 1.165) is 27.1 Å². The molecule has 1 fully saturated rings. The number of hydrogen-bond donors (Lipinski definition) is 0. The molecule has 0 bridgehead atoms. The first-order valence-corrected chi connectivity index (χ1v) is 17.6. The Morgan fingerprint density at radius 3 is 1.40 bits per heavy atom. The van der Waals surface area contributed by atoms with E-state index in [2.05, 4.69) is 24.3 Å². The summed E-state index contributed by atoms with van der Waals surface area (Å²) in [5, 5.41) is 1.09. The van der Waals surface area contributed by atoms with Crippen LogP contribution in [0.15, 0.2) is 144 Å². The summed E-state index contributed by atoms with van der Waals surface area (Å²) in [6, 6.07) is 45.9. The van der Waals surface area contributed by atoms with Crippen LogP contribution in [0.2, 0.25) is 10.0 Å². The molecule has 248 valence electrons. The molecule has 0 radical (unpaired) electrons. The molecule has 0 saturated carbocycles. The fourth-order valence-corrected chi connectivity index (χ4v) is 7.45. The number of ether oxygens (including phenoxy) is 5. The van der Waals surface area contributed by atoms with Crippen molar-refractivity contribution in [3.63, 3.8) is 0 Å². The second-order valence-corrected chi connectivity index (χ2v) is 13.6. The van der Waals surface area contributed by atoms with E-state index >= 15 is 0 Å². The van der Waals surface area contributed by atoms with Crippen molar-refractivity contribution in [3.05, 3.63) is 172 Å². The van der Waals surface area contributed by atoms with Crippen LogP contribution >= 0.6 is 35.0 Å². The molecule has 0 amide bonds. The maximum atomic E-state index is 6.91. The van der Waals surface area contributed by atoms with Crippen LogP contribution in [0.5, 0.6) is 0 Å². The quantitative estimate of drug-likeness (QED) is 0.108. The van der Waals surface area contributed by atoms with Crippen LogP contribution in [0.4, 0.5) is 0 Å². The standard InChI is InChI=1S/C40H38Cl2O5S/c41-33-21-34(42)23-35(22-33)48-40-39(46-27-32-19-11-4-12-20-32)38(45-26-31-17-9-3-10-18-31)37(44-25-30-15-7-2-8-16-30)36(47-40)28-43-24-29-13-5-1-6-14-29/h1-23,36-40H,24-28H2/t36-,37+,38+,39-,40+/m1/s1. The highest BCUT2D eigenvalue weighted by Gasteiger charge is 2.49. The van der Waals surface area contributed by atoms with E-state index < -0.39 is 29.9 Å². The van der Waals surface area contributed by atoms with Gasteiger partial charge in [0.15, 0.2) is 0 Å². The van der Waals surface area contributed by atoms with Crippen LogP contribution in [0.3, 0.4) is 0 Å². The zero-order valence-electron chi connectivity index (χ0n) is 26.4. The molecule has 6 rings (SSSR count). The Morgan fingerprint density at radius 1 is 0.500 bits per heavy atom. The molecule has 1 aliphatic heterocycles. The molecule has 8 heteroatoms. The van der Waals surface area contributed by atoms with Crippen molar-refractivity contribution in [1.82, 2.24) is 0 Å². The lowest BCUT2D eigenvalue weighted by Gasteiger charge is -2.46. The number of halogens is 2. The lowest BCUT2D eigenvalue weighted by atomic mass is 9.98. The summed E-state index contributed by atoms with van der Waals surface area (Å²) < 4.78 is 33.6. The highest BCUT2D eigenvalue weighted by atomic mass is 35.5. The predicted molar refractivity (Wildman–Crippen MR) is 192 cm³/mol. The Labute approximate surface area is 297 Å². The fourth-order valence-electron chi connectivity index (χ4n) is 5.57. The van der Waals surface area contributed by atoms with Crippen LogP contribution in [0.25, 0.3) is 0 Å². The Hall–Kier alpha value is -3.17. The topological polar surface area (TPSA) is 46.2 Å². The molecule has 1 saturated heterocycles. The van der Waals surface area contributed by atoms with Crippen LogP contribution in [-0.2, 0) is 50.1 Å². The molecule has 0 spiro atoms. The number of rotatable bonds is 15. The predicted octanol–water partition coefficient (Wildman–Crippen LogP) is 9.78. The van der Waals surface area contributed by atoms with Gasteiger partial charge in [0.2, 0.25) is 0 Å². The van der Waals surface area contributed by atoms with Gasteiger partial charge < -0.3 is 23.7 Å². The third kappa shape index (κ3) is 10.2. The maximum Gasteiger partial charge on any atom is 0.137 e. The summed E-state index contributed by atoms with van der Waals surface area (Å²) in [6.45, 7) is 1.85. The van der Waals surface area contributed by atoms with Crippen LogP contribution in [0.1, 0.15) is 22.3 Å². The molecule has 0 aliphatic carbocycles. The number of benzene rings is 5. The average Bonchev–Trinajstić information content (AvgIpc) is 3.11. The SMILES string of the molecule is Clc1cc(Cl)cc(S[C@@H]2O[C@H](COCc3ccccc3)[C@H](OCc3ccccc3)[C@H](OCc3ccccc3)[C@H]2OCc2ccccc2)c1. The normalized spacial score (nSPS) is 20.8. The van der Waals surface area contributed by atoms with E-state index in [4.69, 9.17) is 46.9 Å². The monoisotopic (exact) mass is 700 g/mol. The highest BCUT2D eigenvalue weighted by Crippen LogP contribution is 2.40. The second-order valence-electron chi connectivity index (χ2n) is 11.6. The Balaban J connectivity index is 1.33. The highest BCUT2D eigenvalue weighted by molar-refractivity contribution is 7.99. The second kappa shape index (κ2) is 18.0. The molecule has 48 heavy (non-hydrogen) atoms. The largest absolute Gasteiger partial charge is 0.374 e. The van der Waals surface area contributed by atoms with Gasteiger partial charge in [-0.25, -0.2) is 0 Å². The summed E-state index contributed by atoms with van der Waals surface area (Å²) in [5.74, 6) is 0. The van der Waals surface area contributed by atoms with E-state index in [1.807, 2.05) is 109 Å². The summed E-state index contributed by atoms with van der Waals surface area (Å²) in [7, 11) is 0. The Bertz CT molecular complexity index is 1640. The first-order chi connectivity index (χ1) is 23.6. The molecule has 0 unspecified atom stereocenters. The van der Waals surface area contributed by atoms with Gasteiger partial charge in [0.25, 0.3) is 0 Å². The van der Waals surface area contributed by atoms with Gasteiger partial charge in [0, 0.05) is 14.9 Å². The summed E-state index contributed by atoms with van der Waals surface area (Å²) in [6.07, 6.45) is -2.01. The minimum Gasteiger partial charge on any atom is -0.374 e. The van der Waals surface area contributed by atoms with Gasteiger partial charge in [0.1, 0.15) is 29.9 Å². The third-order valence-electron chi connectivity index (χ3n) is 7.93. The molecule has 1 heterocycles. The summed E-state index contributed by atoms with van der Waals surface area (Å²) >= 11 is 14.4. The lowest BCUT2D eigenvalue weighted by molar-refractivity contribution is -0.254. The van der Waals surface area contributed by atoms with Gasteiger partial charge >= 0.3 is 0 Å². The average molecular weight is 702 g/mol. The summed E-state index contributed by atoms with van der Waals surface area (Å²) in [4.78, 5) is 0.861. The molecule has 5 aromatic carbocycles. The van der Waals surface area contributed by atoms with Crippen molar-refractivity contribution in [2.45, 2.75) is 61.2 Å². The molecule has 0 N–H and O–H groups in total. The smallest absolute Gasteiger partial charge is 0.137 e. The molecular formula is C40H38Cl2O5S. The van der Waals surface area contributed by atoms with Crippen LogP contribution < -0.4 is 0 Å². The molecular weight excluding hydrogens is 663 g/mol. The summed E-state index contributed by atoms with van der Waals surface area (Å²) in [5.41, 5.74) is 3.73. The van der Waals surface area contributed by atoms with E-state index in [9.17, 15) is 0 Å². The fraction of sp³-hybridized carbons (Fsp3) is 0.250. The Kier molecular flexibility index (Phi) is 13.0. The van der Waals surface area contributed by atoms with Crippen LogP contribution in [-0.4, -0.2) is 36.5 Å². The minimum absolute atomic E-state index is 0.290. The van der Waals surface area contributed by atoms with E-state index in [-0.39, 0.29) is 6.61 Å². The first-order valence-electron chi connectivity index (χ1n) is 16.0. The molecule has 5 nitrogen and oxygen atoms in total. The van der Waals surface area contributed by atoms with Crippen molar-refractivity contribution >= 4 is 35.0 Å². The van der Waals surface area contributed by atoms with Crippen molar-refractivity contribution in [3.8, 4) is 0 Å². The van der Waals surface area contributed by atoms with Crippen molar-refractivity contribution < 1.29 is 23.7 Å². The van der Waals surface area contributed by atoms with Crippen LogP contribution in [0, 0.1) is 0 Å². The minimum atomic E-state index is -0.525. The van der Waals surface area contributed by atoms with E-state index in [1.165, 1.54) is 11.8 Å². The van der Waals surface area contributed by atoms with Crippen molar-refractivity contribution in [2.75, 3.05) is 6.61 Å². The van der Waals surface area contributed by atoms with E-state index in [1.54, 1.807) is 6.07 Å². The lowest BCUT2D eigenvalue weighted by Crippen LogP contribution is -2.60. The molecule has 5 atom stereocenters. The van der Waals surface area contributed by atoms with Gasteiger partial charge in [-0.2, -0.15) is 0 Å². The van der Waals surface area contributed by atoms with Gasteiger partial charge in [-0.15, -0.1) is 0 Å². The first kappa shape index (κ1) is 34.7. The Morgan fingerprint density at radius 2 is 0.917 bits per heavy atom. The zero-order valence-corrected chi connectivity index (χ0v) is 28.7. The van der Waals surface area contributed by atoms with Gasteiger partial charge in [-0.1, -0.05) is 156 Å². The third-order valence-corrected chi connectivity index (χ3v) is 9.48. The van der Waals surface area contributed by atoms with Crippen molar-refractivity contribution in [2.24, 2.45) is 0 Å². The molecule has 1 aliphatic rings. The molecule has 0 aromatic heterocycles. The van der Waals surface area contributed by atoms with E-state index in [0.29, 0.717) is 36.5 Å². The number of thioether (sulfide) groups is 1. The molecule has 5 aromatic rings.